The highest BCUT2D eigenvalue weighted by atomic mass is 16.5. The molecule has 294 valence electrons. The van der Waals surface area contributed by atoms with E-state index in [0.29, 0.717) is 47.1 Å². The van der Waals surface area contributed by atoms with Crippen LogP contribution in [0.4, 0.5) is 23.3 Å². The van der Waals surface area contributed by atoms with E-state index in [4.69, 9.17) is 14.2 Å². The van der Waals surface area contributed by atoms with Crippen molar-refractivity contribution in [2.75, 3.05) is 64.2 Å². The number of carbonyl (C=O) groups is 1. The van der Waals surface area contributed by atoms with E-state index in [9.17, 15) is 4.79 Å². The number of H-pyrrole nitrogens is 2. The van der Waals surface area contributed by atoms with Crippen molar-refractivity contribution in [2.24, 2.45) is 0 Å². The minimum Gasteiger partial charge on any atom is -0.497 e. The number of aromatic amines is 2. The molecule has 57 heavy (non-hydrogen) atoms. The van der Waals surface area contributed by atoms with Gasteiger partial charge in [0.2, 0.25) is 0 Å². The van der Waals surface area contributed by atoms with Gasteiger partial charge in [0.15, 0.2) is 23.3 Å². The number of nitrogens with one attached hydrogen (secondary N) is 5. The molecule has 1 saturated heterocycles. The van der Waals surface area contributed by atoms with Gasteiger partial charge in [0.05, 0.1) is 27.4 Å². The van der Waals surface area contributed by atoms with Crippen molar-refractivity contribution >= 4 is 53.5 Å². The first-order valence-electron chi connectivity index (χ1n) is 18.3. The first kappa shape index (κ1) is 39.8. The fourth-order valence-corrected chi connectivity index (χ4v) is 5.55. The third kappa shape index (κ3) is 12.6. The highest BCUT2D eigenvalue weighted by Gasteiger charge is 2.14. The third-order valence-corrected chi connectivity index (χ3v) is 8.41. The highest BCUT2D eigenvalue weighted by Crippen LogP contribution is 2.24. The smallest absolute Gasteiger partial charge is 0.270 e. The molecule has 1 fully saturated rings. The largest absolute Gasteiger partial charge is 0.497 e. The SMILES string of the molecule is COc1cc(/C=C/c2nc(Nc3cc(C)[nH]n3)cc(C(=O)NCCN3CCOCC3)n2)cc(OC)c1.Cc1cc(Nc2ccnc(/C=C/c3ccccc3)n2)n[nH]1. The number of nitrogens with zero attached hydrogens (tertiary/aromatic N) is 7. The summed E-state index contributed by atoms with van der Waals surface area (Å²) in [5, 5.41) is 23.3. The molecule has 5 heterocycles. The first-order chi connectivity index (χ1) is 27.8. The molecule has 0 unspecified atom stereocenters. The zero-order valence-corrected chi connectivity index (χ0v) is 32.3. The molecule has 1 aliphatic heterocycles. The van der Waals surface area contributed by atoms with Crippen LogP contribution in [0.25, 0.3) is 24.3 Å². The first-order valence-corrected chi connectivity index (χ1v) is 18.3. The average Bonchev–Trinajstić information content (AvgIpc) is 3.85. The number of hydrogen-bond donors (Lipinski definition) is 5. The van der Waals surface area contributed by atoms with Crippen molar-refractivity contribution in [2.45, 2.75) is 13.8 Å². The van der Waals surface area contributed by atoms with E-state index >= 15 is 0 Å². The van der Waals surface area contributed by atoms with Crippen LogP contribution in [0.15, 0.2) is 79.0 Å². The molecule has 0 radical (unpaired) electrons. The van der Waals surface area contributed by atoms with Crippen LogP contribution >= 0.6 is 0 Å². The molecule has 0 spiro atoms. The van der Waals surface area contributed by atoms with Crippen molar-refractivity contribution in [3.8, 4) is 11.5 Å². The predicted octanol–water partition coefficient (Wildman–Crippen LogP) is 5.92. The number of aromatic nitrogens is 8. The lowest BCUT2D eigenvalue weighted by Crippen LogP contribution is -2.41. The molecule has 7 rings (SSSR count). The number of carbonyl (C=O) groups excluding carboxylic acids is 1. The van der Waals surface area contributed by atoms with E-state index in [0.717, 1.165) is 61.2 Å². The second-order valence-corrected chi connectivity index (χ2v) is 12.9. The second kappa shape index (κ2) is 20.1. The van der Waals surface area contributed by atoms with Gasteiger partial charge in [0.25, 0.3) is 5.91 Å². The Morgan fingerprint density at radius 1 is 0.737 bits per heavy atom. The van der Waals surface area contributed by atoms with Crippen molar-refractivity contribution in [3.63, 3.8) is 0 Å². The molecule has 16 nitrogen and oxygen atoms in total. The fraction of sp³-hybridized carbons (Fsp3) is 0.244. The maximum absolute atomic E-state index is 12.9. The number of aryl methyl sites for hydroxylation is 2. The maximum atomic E-state index is 12.9. The lowest BCUT2D eigenvalue weighted by atomic mass is 10.2. The normalized spacial score (nSPS) is 12.9. The number of morpholine rings is 1. The molecular formula is C41H46N12O4. The van der Waals surface area contributed by atoms with Crippen LogP contribution in [-0.2, 0) is 4.74 Å². The van der Waals surface area contributed by atoms with E-state index in [1.165, 1.54) is 0 Å². The zero-order valence-electron chi connectivity index (χ0n) is 32.3. The van der Waals surface area contributed by atoms with Gasteiger partial charge < -0.3 is 30.2 Å². The Labute approximate surface area is 330 Å². The number of amides is 1. The molecule has 0 atom stereocenters. The molecule has 0 aliphatic carbocycles. The van der Waals surface area contributed by atoms with E-state index in [1.807, 2.05) is 92.7 Å². The number of hydrogen-bond acceptors (Lipinski definition) is 13. The van der Waals surface area contributed by atoms with Crippen LogP contribution in [0.1, 0.15) is 44.7 Å². The lowest BCUT2D eigenvalue weighted by molar-refractivity contribution is 0.0383. The van der Waals surface area contributed by atoms with Gasteiger partial charge in [-0.25, -0.2) is 19.9 Å². The summed E-state index contributed by atoms with van der Waals surface area (Å²) < 4.78 is 16.1. The Hall–Kier alpha value is -6.91. The molecule has 1 amide bonds. The van der Waals surface area contributed by atoms with E-state index in [2.05, 4.69) is 61.2 Å². The summed E-state index contributed by atoms with van der Waals surface area (Å²) in [5.74, 6) is 4.58. The third-order valence-electron chi connectivity index (χ3n) is 8.41. The van der Waals surface area contributed by atoms with Crippen LogP contribution in [0.3, 0.4) is 0 Å². The van der Waals surface area contributed by atoms with Gasteiger partial charge in [-0.05, 0) is 55.3 Å². The zero-order chi connectivity index (χ0) is 39.8. The van der Waals surface area contributed by atoms with Crippen LogP contribution in [0, 0.1) is 13.8 Å². The number of methoxy groups -OCH3 is 2. The monoisotopic (exact) mass is 770 g/mol. The molecule has 2 aromatic carbocycles. The number of benzene rings is 2. The van der Waals surface area contributed by atoms with Crippen molar-refractivity contribution in [3.05, 3.63) is 119 Å². The molecular weight excluding hydrogens is 725 g/mol. The topological polar surface area (TPSA) is 193 Å². The number of rotatable bonds is 14. The van der Waals surface area contributed by atoms with Gasteiger partial charge in [0, 0.05) is 68.0 Å². The summed E-state index contributed by atoms with van der Waals surface area (Å²) in [5.41, 5.74) is 4.11. The van der Waals surface area contributed by atoms with Crippen LogP contribution in [0.2, 0.25) is 0 Å². The Bertz CT molecular complexity index is 2240. The summed E-state index contributed by atoms with van der Waals surface area (Å²) in [6.45, 7) is 8.29. The minimum absolute atomic E-state index is 0.254. The molecule has 0 saturated carbocycles. The highest BCUT2D eigenvalue weighted by molar-refractivity contribution is 5.93. The predicted molar refractivity (Wildman–Crippen MR) is 221 cm³/mol. The Morgan fingerprint density at radius 3 is 2.02 bits per heavy atom. The van der Waals surface area contributed by atoms with Crippen LogP contribution in [-0.4, -0.2) is 105 Å². The number of ether oxygens (including phenoxy) is 3. The maximum Gasteiger partial charge on any atom is 0.270 e. The van der Waals surface area contributed by atoms with Crippen LogP contribution < -0.4 is 25.4 Å². The standard InChI is InChI=1S/C25H31N7O4.C16H15N5/c1-17-12-24(31-30-17)29-23-16-21(25(33)26-6-7-32-8-10-36-11-9-32)27-22(28-23)5-4-18-13-19(34-2)15-20(14-18)35-3;1-12-11-16(21-20-12)19-15-9-10-17-14(18-15)8-7-13-5-3-2-4-6-13/h4-5,12-16H,6-11H2,1-3H3,(H,26,33)(H2,27,28,29,30,31);2-11H,1H3,(H2,17,18,19,20,21)/b5-4+;8-7+. The van der Waals surface area contributed by atoms with Gasteiger partial charge in [-0.3, -0.25) is 19.9 Å². The average molecular weight is 771 g/mol. The summed E-state index contributed by atoms with van der Waals surface area (Å²) in [7, 11) is 3.20. The van der Waals surface area contributed by atoms with Gasteiger partial charge in [-0.2, -0.15) is 10.2 Å². The number of anilines is 4. The van der Waals surface area contributed by atoms with Gasteiger partial charge in [-0.1, -0.05) is 42.5 Å². The Balaban J connectivity index is 0.000000221. The second-order valence-electron chi connectivity index (χ2n) is 12.9. The summed E-state index contributed by atoms with van der Waals surface area (Å²) in [6.07, 6.45) is 9.16. The quantitative estimate of drug-likeness (QED) is 0.0877. The summed E-state index contributed by atoms with van der Waals surface area (Å²) >= 11 is 0. The van der Waals surface area contributed by atoms with E-state index in [-0.39, 0.29) is 11.6 Å². The van der Waals surface area contributed by atoms with Crippen molar-refractivity contribution in [1.82, 2.24) is 50.5 Å². The van der Waals surface area contributed by atoms with Crippen LogP contribution in [0.5, 0.6) is 11.5 Å². The summed E-state index contributed by atoms with van der Waals surface area (Å²) in [6, 6.07) is 22.8. The van der Waals surface area contributed by atoms with E-state index in [1.54, 1.807) is 38.6 Å². The van der Waals surface area contributed by atoms with Gasteiger partial charge in [-0.15, -0.1) is 0 Å². The molecule has 4 aromatic heterocycles. The molecule has 6 aromatic rings. The van der Waals surface area contributed by atoms with Crippen molar-refractivity contribution in [1.29, 1.82) is 0 Å². The fourth-order valence-electron chi connectivity index (χ4n) is 5.55. The molecule has 0 bridgehead atoms. The Kier molecular flexibility index (Phi) is 14.0. The minimum atomic E-state index is -0.274. The van der Waals surface area contributed by atoms with E-state index < -0.39 is 0 Å². The molecule has 5 N–H and O–H groups in total. The lowest BCUT2D eigenvalue weighted by Gasteiger charge is -2.26. The molecule has 1 aliphatic rings. The van der Waals surface area contributed by atoms with Crippen molar-refractivity contribution < 1.29 is 19.0 Å². The molecule has 16 heteroatoms. The van der Waals surface area contributed by atoms with Gasteiger partial charge >= 0.3 is 0 Å². The van der Waals surface area contributed by atoms with Gasteiger partial charge in [0.1, 0.15) is 28.8 Å². The summed E-state index contributed by atoms with van der Waals surface area (Å²) in [4.78, 5) is 32.9. The Morgan fingerprint density at radius 2 is 1.37 bits per heavy atom.